The molecular weight excluding hydrogens is 342 g/mol. The number of carbonyl (C=O) groups excluding carboxylic acids is 1. The number of methoxy groups -OCH3 is 1. The Balaban J connectivity index is 2.11. The first-order valence-electron chi connectivity index (χ1n) is 6.40. The number of benzene rings is 1. The molecule has 1 amide bonds. The molecule has 0 unspecified atom stereocenters. The average Bonchev–Trinajstić information content (AvgIpc) is 2.96. The largest absolute Gasteiger partial charge is 0.475 e. The fraction of sp³-hybridized carbons (Fsp3) is 0.167. The lowest BCUT2D eigenvalue weighted by molar-refractivity contribution is -0.386. The van der Waals surface area contributed by atoms with E-state index < -0.39 is 26.5 Å². The van der Waals surface area contributed by atoms with E-state index in [4.69, 9.17) is 9.88 Å². The zero-order chi connectivity index (χ0) is 17.9. The number of sulfonamides is 1. The van der Waals surface area contributed by atoms with E-state index in [0.29, 0.717) is 5.56 Å². The summed E-state index contributed by atoms with van der Waals surface area (Å²) in [4.78, 5) is 22.2. The Morgan fingerprint density at radius 1 is 1.42 bits per heavy atom. The van der Waals surface area contributed by atoms with E-state index in [9.17, 15) is 23.3 Å². The second-order valence-electron chi connectivity index (χ2n) is 4.59. The third-order valence-corrected chi connectivity index (χ3v) is 3.95. The number of aromatic nitrogens is 2. The normalized spacial score (nSPS) is 11.1. The summed E-state index contributed by atoms with van der Waals surface area (Å²) >= 11 is 0. The molecule has 1 aromatic heterocycles. The highest BCUT2D eigenvalue weighted by molar-refractivity contribution is 7.89. The van der Waals surface area contributed by atoms with Crippen LogP contribution in [-0.2, 0) is 16.6 Å². The number of primary sulfonamides is 1. The summed E-state index contributed by atoms with van der Waals surface area (Å²) in [5.74, 6) is -1.06. The van der Waals surface area contributed by atoms with Crippen molar-refractivity contribution in [3.63, 3.8) is 0 Å². The van der Waals surface area contributed by atoms with Crippen molar-refractivity contribution in [1.29, 1.82) is 0 Å². The van der Waals surface area contributed by atoms with Gasteiger partial charge >= 0.3 is 11.6 Å². The molecule has 0 radical (unpaired) electrons. The molecule has 12 heteroatoms. The Bertz CT molecular complexity index is 874. The molecule has 0 aliphatic carbocycles. The molecule has 24 heavy (non-hydrogen) atoms. The van der Waals surface area contributed by atoms with Crippen LogP contribution in [-0.4, -0.2) is 36.6 Å². The van der Waals surface area contributed by atoms with Crippen molar-refractivity contribution in [1.82, 2.24) is 15.5 Å². The van der Waals surface area contributed by atoms with Crippen LogP contribution in [0.4, 0.5) is 5.69 Å². The van der Waals surface area contributed by atoms with Crippen LogP contribution in [0.2, 0.25) is 0 Å². The number of nitro groups is 1. The third kappa shape index (κ3) is 3.67. The molecule has 0 bridgehead atoms. The number of nitrogens with two attached hydrogens (primary N) is 1. The molecule has 1 aromatic carbocycles. The van der Waals surface area contributed by atoms with E-state index in [-0.39, 0.29) is 23.0 Å². The number of hydrogen-bond donors (Lipinski definition) is 3. The summed E-state index contributed by atoms with van der Waals surface area (Å²) in [5.41, 5.74) is -0.345. The van der Waals surface area contributed by atoms with E-state index in [1.165, 1.54) is 31.4 Å². The maximum absolute atomic E-state index is 12.0. The van der Waals surface area contributed by atoms with Gasteiger partial charge in [-0.3, -0.25) is 20.0 Å². The maximum atomic E-state index is 12.0. The molecule has 2 rings (SSSR count). The highest BCUT2D eigenvalue weighted by Crippen LogP contribution is 2.27. The lowest BCUT2D eigenvalue weighted by Crippen LogP contribution is -2.24. The van der Waals surface area contributed by atoms with Crippen molar-refractivity contribution in [3.05, 3.63) is 45.6 Å². The van der Waals surface area contributed by atoms with Gasteiger partial charge in [0.15, 0.2) is 0 Å². The number of hydrogen-bond acceptors (Lipinski definition) is 7. The van der Waals surface area contributed by atoms with Crippen LogP contribution in [0.3, 0.4) is 0 Å². The topological polar surface area (TPSA) is 170 Å². The fourth-order valence-electron chi connectivity index (χ4n) is 1.86. The molecule has 0 saturated carbocycles. The monoisotopic (exact) mass is 355 g/mol. The lowest BCUT2D eigenvalue weighted by atomic mass is 10.2. The zero-order valence-electron chi connectivity index (χ0n) is 12.3. The summed E-state index contributed by atoms with van der Waals surface area (Å²) in [6, 6.07) is 5.50. The number of carbonyl (C=O) groups is 1. The number of rotatable bonds is 6. The molecule has 4 N–H and O–H groups in total. The Morgan fingerprint density at radius 2 is 2.04 bits per heavy atom. The van der Waals surface area contributed by atoms with Gasteiger partial charge in [0, 0.05) is 6.54 Å². The van der Waals surface area contributed by atoms with Crippen LogP contribution in [0.25, 0.3) is 0 Å². The van der Waals surface area contributed by atoms with Crippen molar-refractivity contribution >= 4 is 21.6 Å². The smallest absolute Gasteiger partial charge is 0.362 e. The number of nitrogens with zero attached hydrogens (tertiary/aromatic N) is 2. The SMILES string of the molecule is COc1n[nH]c(C(=O)NCc2ccc(S(N)(=O)=O)cc2)c1[N+](=O)[O-]. The quantitative estimate of drug-likeness (QED) is 0.479. The Morgan fingerprint density at radius 3 is 2.54 bits per heavy atom. The number of ether oxygens (including phenoxy) is 1. The Kier molecular flexibility index (Phi) is 4.80. The van der Waals surface area contributed by atoms with Crippen LogP contribution in [0.1, 0.15) is 16.1 Å². The molecule has 0 fully saturated rings. The average molecular weight is 355 g/mol. The summed E-state index contributed by atoms with van der Waals surface area (Å²) in [6.07, 6.45) is 0. The minimum absolute atomic E-state index is 0.0161. The van der Waals surface area contributed by atoms with E-state index in [1.807, 2.05) is 0 Å². The van der Waals surface area contributed by atoms with Gasteiger partial charge in [-0.1, -0.05) is 12.1 Å². The Hall–Kier alpha value is -2.99. The Labute approximate surface area is 136 Å². The van der Waals surface area contributed by atoms with Crippen molar-refractivity contribution < 1.29 is 22.9 Å². The summed E-state index contributed by atoms with van der Waals surface area (Å²) in [6.45, 7) is 0.0161. The molecule has 0 spiro atoms. The standard InChI is InChI=1S/C12H13N5O6S/c1-23-12-10(17(19)20)9(15-16-12)11(18)14-6-7-2-4-8(5-3-7)24(13,21)22/h2-5H,6H2,1H3,(H,14,18)(H,15,16)(H2,13,21,22). The van der Waals surface area contributed by atoms with Gasteiger partial charge in [0.2, 0.25) is 15.7 Å². The van der Waals surface area contributed by atoms with Crippen LogP contribution in [0.15, 0.2) is 29.2 Å². The molecular formula is C12H13N5O6S. The molecule has 1 heterocycles. The molecule has 128 valence electrons. The predicted molar refractivity (Wildman–Crippen MR) is 80.8 cm³/mol. The highest BCUT2D eigenvalue weighted by Gasteiger charge is 2.29. The summed E-state index contributed by atoms with van der Waals surface area (Å²) in [5, 5.41) is 24.2. The number of amides is 1. The molecule has 2 aromatic rings. The molecule has 0 aliphatic heterocycles. The first kappa shape index (κ1) is 17.4. The van der Waals surface area contributed by atoms with E-state index in [0.717, 1.165) is 0 Å². The van der Waals surface area contributed by atoms with Gasteiger partial charge in [0.05, 0.1) is 16.9 Å². The van der Waals surface area contributed by atoms with Crippen LogP contribution >= 0.6 is 0 Å². The van der Waals surface area contributed by atoms with Crippen LogP contribution < -0.4 is 15.2 Å². The lowest BCUT2D eigenvalue weighted by Gasteiger charge is -2.05. The van der Waals surface area contributed by atoms with E-state index in [2.05, 4.69) is 15.5 Å². The summed E-state index contributed by atoms with van der Waals surface area (Å²) in [7, 11) is -2.61. The molecule has 0 saturated heterocycles. The maximum Gasteiger partial charge on any atom is 0.362 e. The zero-order valence-corrected chi connectivity index (χ0v) is 13.2. The van der Waals surface area contributed by atoms with Crippen LogP contribution in [0, 0.1) is 10.1 Å². The first-order chi connectivity index (χ1) is 11.2. The molecule has 0 atom stereocenters. The van der Waals surface area contributed by atoms with Crippen LogP contribution in [0.5, 0.6) is 5.88 Å². The minimum Gasteiger partial charge on any atom is -0.475 e. The van der Waals surface area contributed by atoms with Gasteiger partial charge in [0.1, 0.15) is 0 Å². The van der Waals surface area contributed by atoms with Gasteiger partial charge in [-0.15, -0.1) is 5.10 Å². The van der Waals surface area contributed by atoms with Gasteiger partial charge in [-0.25, -0.2) is 13.6 Å². The predicted octanol–water partition coefficient (Wildman–Crippen LogP) is -0.0961. The van der Waals surface area contributed by atoms with E-state index in [1.54, 1.807) is 0 Å². The van der Waals surface area contributed by atoms with Gasteiger partial charge in [-0.2, -0.15) is 0 Å². The molecule has 0 aliphatic rings. The van der Waals surface area contributed by atoms with E-state index >= 15 is 0 Å². The minimum atomic E-state index is -3.80. The van der Waals surface area contributed by atoms with Crippen molar-refractivity contribution in [3.8, 4) is 5.88 Å². The van der Waals surface area contributed by atoms with Crippen molar-refractivity contribution in [2.24, 2.45) is 5.14 Å². The van der Waals surface area contributed by atoms with Gasteiger partial charge in [0.25, 0.3) is 5.91 Å². The fourth-order valence-corrected chi connectivity index (χ4v) is 2.37. The third-order valence-electron chi connectivity index (χ3n) is 3.02. The number of nitrogens with one attached hydrogen (secondary N) is 2. The number of aromatic amines is 1. The second kappa shape index (κ2) is 6.64. The first-order valence-corrected chi connectivity index (χ1v) is 7.95. The second-order valence-corrected chi connectivity index (χ2v) is 6.15. The van der Waals surface area contributed by atoms with Gasteiger partial charge < -0.3 is 10.1 Å². The molecule has 11 nitrogen and oxygen atoms in total. The summed E-state index contributed by atoms with van der Waals surface area (Å²) < 4.78 is 27.0. The van der Waals surface area contributed by atoms with Gasteiger partial charge in [-0.05, 0) is 17.7 Å². The van der Waals surface area contributed by atoms with Crippen molar-refractivity contribution in [2.75, 3.05) is 7.11 Å². The number of H-pyrrole nitrogens is 1. The van der Waals surface area contributed by atoms with Crippen molar-refractivity contribution in [2.45, 2.75) is 11.4 Å². The highest BCUT2D eigenvalue weighted by atomic mass is 32.2.